The van der Waals surface area contributed by atoms with Crippen LogP contribution in [0.15, 0.2) is 12.5 Å². The quantitative estimate of drug-likeness (QED) is 0.448. The lowest BCUT2D eigenvalue weighted by molar-refractivity contribution is -0.130. The number of rotatable bonds is 8. The van der Waals surface area contributed by atoms with Gasteiger partial charge < -0.3 is 20.7 Å². The highest BCUT2D eigenvalue weighted by Gasteiger charge is 2.50. The van der Waals surface area contributed by atoms with E-state index in [1.165, 1.54) is 0 Å². The summed E-state index contributed by atoms with van der Waals surface area (Å²) in [6, 6.07) is 0. The highest BCUT2D eigenvalue weighted by atomic mass is 16.5. The average molecular weight is 283 g/mol. The maximum absolute atomic E-state index is 12.2. The average Bonchev–Trinajstić information content (AvgIpc) is 3.15. The number of carbonyl (C=O) groups is 2. The lowest BCUT2D eigenvalue weighted by atomic mass is 9.92. The van der Waals surface area contributed by atoms with Crippen LogP contribution in [0, 0.1) is 5.92 Å². The van der Waals surface area contributed by atoms with Crippen molar-refractivity contribution in [1.82, 2.24) is 16.0 Å². The third-order valence-corrected chi connectivity index (χ3v) is 3.22. The van der Waals surface area contributed by atoms with E-state index in [2.05, 4.69) is 22.5 Å². The zero-order valence-electron chi connectivity index (χ0n) is 12.7. The van der Waals surface area contributed by atoms with Gasteiger partial charge in [-0.3, -0.25) is 9.59 Å². The van der Waals surface area contributed by atoms with Gasteiger partial charge in [0.25, 0.3) is 0 Å². The first-order chi connectivity index (χ1) is 9.25. The van der Waals surface area contributed by atoms with Gasteiger partial charge in [-0.25, -0.2) is 0 Å². The molecule has 1 rings (SSSR count). The molecular formula is C14H25N3O3. The topological polar surface area (TPSA) is 79.5 Å². The van der Waals surface area contributed by atoms with Gasteiger partial charge in [0, 0.05) is 7.05 Å². The smallest absolute Gasteiger partial charge is 0.247 e. The van der Waals surface area contributed by atoms with Gasteiger partial charge in [-0.05, 0) is 46.1 Å². The van der Waals surface area contributed by atoms with E-state index in [9.17, 15) is 9.59 Å². The molecule has 0 radical (unpaired) electrons. The van der Waals surface area contributed by atoms with Crippen molar-refractivity contribution < 1.29 is 14.3 Å². The van der Waals surface area contributed by atoms with Crippen LogP contribution in [0.1, 0.15) is 33.6 Å². The first-order valence-corrected chi connectivity index (χ1v) is 6.80. The molecule has 6 heteroatoms. The van der Waals surface area contributed by atoms with Crippen molar-refractivity contribution in [2.75, 3.05) is 13.6 Å². The van der Waals surface area contributed by atoms with Gasteiger partial charge in [0.1, 0.15) is 11.1 Å². The van der Waals surface area contributed by atoms with Crippen molar-refractivity contribution in [3.05, 3.63) is 12.5 Å². The summed E-state index contributed by atoms with van der Waals surface area (Å²) in [4.78, 5) is 23.0. The molecule has 0 heterocycles. The molecular weight excluding hydrogens is 258 g/mol. The van der Waals surface area contributed by atoms with Crippen molar-refractivity contribution in [3.8, 4) is 0 Å². The normalized spacial score (nSPS) is 17.6. The van der Waals surface area contributed by atoms with E-state index >= 15 is 0 Å². The Kier molecular flexibility index (Phi) is 5.03. The number of likely N-dealkylation sites (N-methyl/N-ethyl adjacent to an activating group) is 1. The zero-order chi connectivity index (χ0) is 15.4. The number of amides is 2. The molecule has 0 spiro atoms. The maximum Gasteiger partial charge on any atom is 0.247 e. The number of hydrogen-bond acceptors (Lipinski definition) is 4. The molecule has 3 N–H and O–H groups in total. The van der Waals surface area contributed by atoms with E-state index in [1.807, 2.05) is 20.8 Å². The SMILES string of the molecule is C=C(NCC(NC=O)(C(=O)NC)C1CC1)OC(C)(C)C. The van der Waals surface area contributed by atoms with Crippen LogP contribution in [0.2, 0.25) is 0 Å². The fourth-order valence-corrected chi connectivity index (χ4v) is 2.19. The Morgan fingerprint density at radius 1 is 1.40 bits per heavy atom. The lowest BCUT2D eigenvalue weighted by Crippen LogP contribution is -2.63. The second-order valence-corrected chi connectivity index (χ2v) is 6.08. The molecule has 1 atom stereocenters. The van der Waals surface area contributed by atoms with Gasteiger partial charge in [0.05, 0.1) is 6.54 Å². The van der Waals surface area contributed by atoms with Crippen molar-refractivity contribution in [2.24, 2.45) is 5.92 Å². The largest absolute Gasteiger partial charge is 0.474 e. The van der Waals surface area contributed by atoms with E-state index in [-0.39, 0.29) is 24.0 Å². The summed E-state index contributed by atoms with van der Waals surface area (Å²) >= 11 is 0. The molecule has 114 valence electrons. The molecule has 0 aliphatic heterocycles. The molecule has 0 bridgehead atoms. The van der Waals surface area contributed by atoms with E-state index in [0.717, 1.165) is 12.8 Å². The Morgan fingerprint density at radius 2 is 2.00 bits per heavy atom. The predicted molar refractivity (Wildman–Crippen MR) is 76.7 cm³/mol. The zero-order valence-corrected chi connectivity index (χ0v) is 12.7. The van der Waals surface area contributed by atoms with Crippen LogP contribution in [-0.4, -0.2) is 37.0 Å². The summed E-state index contributed by atoms with van der Waals surface area (Å²) in [6.07, 6.45) is 2.41. The van der Waals surface area contributed by atoms with Gasteiger partial charge in [-0.1, -0.05) is 0 Å². The molecule has 0 aromatic heterocycles. The van der Waals surface area contributed by atoms with Gasteiger partial charge in [-0.15, -0.1) is 0 Å². The number of hydrogen-bond donors (Lipinski definition) is 3. The molecule has 1 unspecified atom stereocenters. The molecule has 6 nitrogen and oxygen atoms in total. The molecule has 2 amide bonds. The van der Waals surface area contributed by atoms with Crippen molar-refractivity contribution in [2.45, 2.75) is 44.8 Å². The number of ether oxygens (including phenoxy) is 1. The molecule has 1 fully saturated rings. The Hall–Kier alpha value is -1.72. The minimum absolute atomic E-state index is 0.141. The highest BCUT2D eigenvalue weighted by molar-refractivity contribution is 5.89. The second kappa shape index (κ2) is 6.15. The van der Waals surface area contributed by atoms with Crippen LogP contribution >= 0.6 is 0 Å². The van der Waals surface area contributed by atoms with Crippen LogP contribution in [0.5, 0.6) is 0 Å². The first-order valence-electron chi connectivity index (χ1n) is 6.80. The summed E-state index contributed by atoms with van der Waals surface area (Å²) in [5.74, 6) is 0.324. The van der Waals surface area contributed by atoms with E-state index in [1.54, 1.807) is 7.05 Å². The minimum atomic E-state index is -0.944. The van der Waals surface area contributed by atoms with Crippen LogP contribution in [0.3, 0.4) is 0 Å². The maximum atomic E-state index is 12.2. The summed E-state index contributed by atoms with van der Waals surface area (Å²) in [7, 11) is 1.56. The van der Waals surface area contributed by atoms with Crippen LogP contribution in [0.4, 0.5) is 0 Å². The Balaban J connectivity index is 2.72. The molecule has 0 saturated heterocycles. The molecule has 1 aliphatic rings. The van der Waals surface area contributed by atoms with E-state index in [0.29, 0.717) is 12.3 Å². The van der Waals surface area contributed by atoms with E-state index < -0.39 is 5.54 Å². The predicted octanol–water partition coefficient (Wildman–Crippen LogP) is 0.503. The Morgan fingerprint density at radius 3 is 2.40 bits per heavy atom. The van der Waals surface area contributed by atoms with Gasteiger partial charge in [0.15, 0.2) is 5.88 Å². The molecule has 1 aliphatic carbocycles. The van der Waals surface area contributed by atoms with Crippen LogP contribution in [-0.2, 0) is 14.3 Å². The monoisotopic (exact) mass is 283 g/mol. The minimum Gasteiger partial charge on any atom is -0.474 e. The number of nitrogens with one attached hydrogen (secondary N) is 3. The fraction of sp³-hybridized carbons (Fsp3) is 0.714. The first kappa shape index (κ1) is 16.3. The van der Waals surface area contributed by atoms with Gasteiger partial charge in [-0.2, -0.15) is 0 Å². The summed E-state index contributed by atoms with van der Waals surface area (Å²) in [6.45, 7) is 9.78. The van der Waals surface area contributed by atoms with E-state index in [4.69, 9.17) is 4.74 Å². The third kappa shape index (κ3) is 4.15. The lowest BCUT2D eigenvalue weighted by Gasteiger charge is -2.33. The summed E-state index contributed by atoms with van der Waals surface area (Å²) in [5, 5.41) is 8.29. The molecule has 1 saturated carbocycles. The molecule has 20 heavy (non-hydrogen) atoms. The second-order valence-electron chi connectivity index (χ2n) is 6.08. The molecule has 0 aromatic carbocycles. The Labute approximate surface area is 120 Å². The Bertz CT molecular complexity index is 386. The summed E-state index contributed by atoms with van der Waals surface area (Å²) < 4.78 is 5.57. The van der Waals surface area contributed by atoms with Crippen molar-refractivity contribution in [3.63, 3.8) is 0 Å². The fourth-order valence-electron chi connectivity index (χ4n) is 2.19. The number of carbonyl (C=O) groups excluding carboxylic acids is 2. The third-order valence-electron chi connectivity index (χ3n) is 3.22. The van der Waals surface area contributed by atoms with Gasteiger partial charge in [0.2, 0.25) is 12.3 Å². The van der Waals surface area contributed by atoms with Gasteiger partial charge >= 0.3 is 0 Å². The summed E-state index contributed by atoms with van der Waals surface area (Å²) in [5.41, 5.74) is -1.31. The van der Waals surface area contributed by atoms with Crippen molar-refractivity contribution >= 4 is 12.3 Å². The molecule has 0 aromatic rings. The van der Waals surface area contributed by atoms with Crippen LogP contribution < -0.4 is 16.0 Å². The highest BCUT2D eigenvalue weighted by Crippen LogP contribution is 2.39. The van der Waals surface area contributed by atoms with Crippen molar-refractivity contribution in [1.29, 1.82) is 0 Å². The van der Waals surface area contributed by atoms with Crippen LogP contribution in [0.25, 0.3) is 0 Å². The standard InChI is InChI=1S/C14H25N3O3/c1-10(20-13(2,3)4)16-8-14(17-9-18,11-6-7-11)12(19)15-5/h9,11,16H,1,6-8H2,2-5H3,(H,15,19)(H,17,18).